The van der Waals surface area contributed by atoms with E-state index in [1.54, 1.807) is 0 Å². The third-order valence-electron chi connectivity index (χ3n) is 3.30. The monoisotopic (exact) mass is 256 g/mol. The molecule has 0 amide bonds. The molecule has 0 saturated carbocycles. The maximum atomic E-state index is 11.3. The van der Waals surface area contributed by atoms with Crippen LogP contribution in [0.15, 0.2) is 36.4 Å². The predicted octanol–water partition coefficient (Wildman–Crippen LogP) is 4.61. The molecule has 0 atom stereocenters. The van der Waals surface area contributed by atoms with Gasteiger partial charge in [0.05, 0.1) is 12.2 Å². The zero-order valence-corrected chi connectivity index (χ0v) is 11.4. The van der Waals surface area contributed by atoms with Crippen molar-refractivity contribution in [1.29, 1.82) is 0 Å². The Hall–Kier alpha value is -1.83. The molecule has 0 heterocycles. The molecule has 19 heavy (non-hydrogen) atoms. The number of hydrogen-bond acceptors (Lipinski definition) is 2. The van der Waals surface area contributed by atoms with Crippen LogP contribution in [0.1, 0.15) is 43.0 Å². The molecule has 0 fully saturated rings. The van der Waals surface area contributed by atoms with Crippen LogP contribution in [-0.2, 0) is 0 Å². The smallest absolute Gasteiger partial charge is 0.154 e. The van der Waals surface area contributed by atoms with Gasteiger partial charge in [0.1, 0.15) is 5.75 Å². The fourth-order valence-corrected chi connectivity index (χ4v) is 2.23. The topological polar surface area (TPSA) is 26.3 Å². The number of carbonyl (C=O) groups is 1. The zero-order chi connectivity index (χ0) is 13.5. The minimum absolute atomic E-state index is 0.661. The summed E-state index contributed by atoms with van der Waals surface area (Å²) < 4.78 is 5.75. The molecule has 0 unspecified atom stereocenters. The molecule has 0 N–H and O–H groups in total. The SMILES string of the molecule is CCCCCCOc1ccc2ccccc2c1C=O. The highest BCUT2D eigenvalue weighted by Crippen LogP contribution is 2.26. The molecular formula is C17H20O2. The Morgan fingerprint density at radius 3 is 2.68 bits per heavy atom. The van der Waals surface area contributed by atoms with Crippen molar-refractivity contribution < 1.29 is 9.53 Å². The highest BCUT2D eigenvalue weighted by atomic mass is 16.5. The lowest BCUT2D eigenvalue weighted by Crippen LogP contribution is -2.00. The molecule has 0 aliphatic rings. The minimum Gasteiger partial charge on any atom is -0.493 e. The lowest BCUT2D eigenvalue weighted by atomic mass is 10.0. The average Bonchev–Trinajstić information content (AvgIpc) is 2.46. The van der Waals surface area contributed by atoms with E-state index in [1.165, 1.54) is 19.3 Å². The molecule has 2 aromatic rings. The van der Waals surface area contributed by atoms with E-state index in [0.717, 1.165) is 23.5 Å². The van der Waals surface area contributed by atoms with Gasteiger partial charge >= 0.3 is 0 Å². The van der Waals surface area contributed by atoms with Gasteiger partial charge in [-0.2, -0.15) is 0 Å². The summed E-state index contributed by atoms with van der Waals surface area (Å²) in [4.78, 5) is 11.3. The first kappa shape index (κ1) is 13.6. The van der Waals surface area contributed by atoms with E-state index in [4.69, 9.17) is 4.74 Å². The van der Waals surface area contributed by atoms with Crippen LogP contribution in [0.3, 0.4) is 0 Å². The minimum atomic E-state index is 0.661. The van der Waals surface area contributed by atoms with E-state index in [1.807, 2.05) is 36.4 Å². The zero-order valence-electron chi connectivity index (χ0n) is 11.4. The molecule has 0 aromatic heterocycles. The van der Waals surface area contributed by atoms with Crippen molar-refractivity contribution in [2.45, 2.75) is 32.6 Å². The second kappa shape index (κ2) is 6.93. The summed E-state index contributed by atoms with van der Waals surface area (Å²) in [5.74, 6) is 0.699. The average molecular weight is 256 g/mol. The third kappa shape index (κ3) is 3.34. The van der Waals surface area contributed by atoms with Crippen LogP contribution in [-0.4, -0.2) is 12.9 Å². The van der Waals surface area contributed by atoms with Crippen molar-refractivity contribution in [2.75, 3.05) is 6.61 Å². The lowest BCUT2D eigenvalue weighted by Gasteiger charge is -2.10. The van der Waals surface area contributed by atoms with Crippen LogP contribution in [0.5, 0.6) is 5.75 Å². The first-order valence-corrected chi connectivity index (χ1v) is 6.96. The number of ether oxygens (including phenoxy) is 1. The van der Waals surface area contributed by atoms with Gasteiger partial charge in [0.15, 0.2) is 6.29 Å². The Balaban J connectivity index is 2.12. The maximum absolute atomic E-state index is 11.3. The van der Waals surface area contributed by atoms with Gasteiger partial charge in [0, 0.05) is 0 Å². The summed E-state index contributed by atoms with van der Waals surface area (Å²) in [6, 6.07) is 11.8. The van der Waals surface area contributed by atoms with Crippen LogP contribution < -0.4 is 4.74 Å². The van der Waals surface area contributed by atoms with E-state index in [9.17, 15) is 4.79 Å². The molecule has 2 heteroatoms. The van der Waals surface area contributed by atoms with Gasteiger partial charge in [-0.25, -0.2) is 0 Å². The van der Waals surface area contributed by atoms with E-state index in [2.05, 4.69) is 6.92 Å². The third-order valence-corrected chi connectivity index (χ3v) is 3.30. The molecule has 2 rings (SSSR count). The number of aldehydes is 1. The van der Waals surface area contributed by atoms with Gasteiger partial charge in [-0.05, 0) is 23.3 Å². The van der Waals surface area contributed by atoms with E-state index in [0.29, 0.717) is 17.9 Å². The van der Waals surface area contributed by atoms with E-state index < -0.39 is 0 Å². The van der Waals surface area contributed by atoms with Gasteiger partial charge in [-0.1, -0.05) is 56.5 Å². The van der Waals surface area contributed by atoms with Crippen LogP contribution in [0.4, 0.5) is 0 Å². The van der Waals surface area contributed by atoms with Gasteiger partial charge in [-0.15, -0.1) is 0 Å². The number of benzene rings is 2. The van der Waals surface area contributed by atoms with E-state index in [-0.39, 0.29) is 0 Å². The standard InChI is InChI=1S/C17H20O2/c1-2-3-4-7-12-19-17-11-10-14-8-5-6-9-15(14)16(17)13-18/h5-6,8-11,13H,2-4,7,12H2,1H3. The van der Waals surface area contributed by atoms with Gasteiger partial charge in [-0.3, -0.25) is 4.79 Å². The summed E-state index contributed by atoms with van der Waals surface area (Å²) in [5, 5.41) is 2.03. The van der Waals surface area contributed by atoms with Crippen molar-refractivity contribution in [3.8, 4) is 5.75 Å². The normalized spacial score (nSPS) is 10.6. The first-order chi connectivity index (χ1) is 9.36. The van der Waals surface area contributed by atoms with E-state index >= 15 is 0 Å². The maximum Gasteiger partial charge on any atom is 0.154 e. The second-order valence-electron chi connectivity index (χ2n) is 4.73. The van der Waals surface area contributed by atoms with Gasteiger partial charge in [0.25, 0.3) is 0 Å². The van der Waals surface area contributed by atoms with Crippen LogP contribution in [0.25, 0.3) is 10.8 Å². The van der Waals surface area contributed by atoms with Crippen molar-refractivity contribution in [3.63, 3.8) is 0 Å². The summed E-state index contributed by atoms with van der Waals surface area (Å²) in [7, 11) is 0. The molecular weight excluding hydrogens is 236 g/mol. The van der Waals surface area contributed by atoms with Crippen molar-refractivity contribution in [1.82, 2.24) is 0 Å². The Morgan fingerprint density at radius 1 is 1.05 bits per heavy atom. The molecule has 2 aromatic carbocycles. The Kier molecular flexibility index (Phi) is 4.96. The second-order valence-corrected chi connectivity index (χ2v) is 4.73. The molecule has 0 saturated heterocycles. The predicted molar refractivity (Wildman–Crippen MR) is 79.0 cm³/mol. The molecule has 0 aliphatic heterocycles. The molecule has 0 aliphatic carbocycles. The molecule has 2 nitrogen and oxygen atoms in total. The Bertz CT molecular complexity index is 546. The van der Waals surface area contributed by atoms with Gasteiger partial charge in [0.2, 0.25) is 0 Å². The molecule has 0 radical (unpaired) electrons. The molecule has 0 spiro atoms. The van der Waals surface area contributed by atoms with Crippen molar-refractivity contribution in [3.05, 3.63) is 42.0 Å². The Labute approximate surface area is 114 Å². The summed E-state index contributed by atoms with van der Waals surface area (Å²) in [6.45, 7) is 2.87. The van der Waals surface area contributed by atoms with Crippen LogP contribution >= 0.6 is 0 Å². The number of carbonyl (C=O) groups excluding carboxylic acids is 1. The Morgan fingerprint density at radius 2 is 1.89 bits per heavy atom. The largest absolute Gasteiger partial charge is 0.493 e. The fraction of sp³-hybridized carbons (Fsp3) is 0.353. The van der Waals surface area contributed by atoms with Crippen molar-refractivity contribution >= 4 is 17.1 Å². The summed E-state index contributed by atoms with van der Waals surface area (Å²) in [6.07, 6.45) is 5.57. The van der Waals surface area contributed by atoms with Crippen LogP contribution in [0, 0.1) is 0 Å². The molecule has 0 bridgehead atoms. The van der Waals surface area contributed by atoms with Crippen molar-refractivity contribution in [2.24, 2.45) is 0 Å². The van der Waals surface area contributed by atoms with Crippen LogP contribution in [0.2, 0.25) is 0 Å². The number of hydrogen-bond donors (Lipinski definition) is 0. The highest BCUT2D eigenvalue weighted by molar-refractivity contribution is 6.00. The van der Waals surface area contributed by atoms with Gasteiger partial charge < -0.3 is 4.74 Å². The number of fused-ring (bicyclic) bond motifs is 1. The fourth-order valence-electron chi connectivity index (χ4n) is 2.23. The summed E-state index contributed by atoms with van der Waals surface area (Å²) >= 11 is 0. The summed E-state index contributed by atoms with van der Waals surface area (Å²) in [5.41, 5.74) is 0.661. The first-order valence-electron chi connectivity index (χ1n) is 6.96. The lowest BCUT2D eigenvalue weighted by molar-refractivity contribution is 0.112. The molecule has 100 valence electrons. The number of rotatable bonds is 7. The quantitative estimate of drug-likeness (QED) is 0.534. The number of unbranched alkanes of at least 4 members (excludes halogenated alkanes) is 3. The highest BCUT2D eigenvalue weighted by Gasteiger charge is 2.07.